The normalized spacial score (nSPS) is 11.7. The Morgan fingerprint density at radius 2 is 2.23 bits per heavy atom. The second-order valence-electron chi connectivity index (χ2n) is 4.57. The zero-order valence-electron chi connectivity index (χ0n) is 11.6. The smallest absolute Gasteiger partial charge is 0.436 e. The lowest BCUT2D eigenvalue weighted by atomic mass is 10.3. The summed E-state index contributed by atoms with van der Waals surface area (Å²) in [7, 11) is 0. The molecule has 0 spiro atoms. The van der Waals surface area contributed by atoms with E-state index in [1.165, 1.54) is 13.2 Å². The van der Waals surface area contributed by atoms with Crippen molar-refractivity contribution < 1.29 is 22.4 Å². The minimum Gasteiger partial charge on any atom is -0.467 e. The van der Waals surface area contributed by atoms with Gasteiger partial charge in [0.15, 0.2) is 5.69 Å². The van der Waals surface area contributed by atoms with Gasteiger partial charge in [-0.2, -0.15) is 18.3 Å². The summed E-state index contributed by atoms with van der Waals surface area (Å²) in [4.78, 5) is 11.7. The summed E-state index contributed by atoms with van der Waals surface area (Å²) >= 11 is 5.63. The Kier molecular flexibility index (Phi) is 4.80. The van der Waals surface area contributed by atoms with E-state index in [4.69, 9.17) is 16.0 Å². The molecule has 0 aliphatic carbocycles. The van der Waals surface area contributed by atoms with Crippen molar-refractivity contribution in [1.29, 1.82) is 0 Å². The van der Waals surface area contributed by atoms with Crippen molar-refractivity contribution in [3.63, 3.8) is 0 Å². The highest BCUT2D eigenvalue weighted by molar-refractivity contribution is 6.31. The summed E-state index contributed by atoms with van der Waals surface area (Å²) in [5.74, 6) is 0.266. The van der Waals surface area contributed by atoms with Crippen LogP contribution in [0.15, 0.2) is 22.8 Å². The van der Waals surface area contributed by atoms with Crippen LogP contribution in [0.1, 0.15) is 23.6 Å². The number of amides is 1. The third-order valence-corrected chi connectivity index (χ3v) is 3.45. The van der Waals surface area contributed by atoms with Crippen molar-refractivity contribution in [1.82, 2.24) is 15.1 Å². The lowest BCUT2D eigenvalue weighted by Crippen LogP contribution is -2.24. The zero-order valence-corrected chi connectivity index (χ0v) is 12.3. The fraction of sp³-hybridized carbons (Fsp3) is 0.385. The monoisotopic (exact) mass is 335 g/mol. The van der Waals surface area contributed by atoms with Crippen molar-refractivity contribution >= 4 is 17.5 Å². The molecule has 2 aromatic heterocycles. The first kappa shape index (κ1) is 16.4. The van der Waals surface area contributed by atoms with Gasteiger partial charge in [0.2, 0.25) is 5.91 Å². The second kappa shape index (κ2) is 6.43. The lowest BCUT2D eigenvalue weighted by Gasteiger charge is -2.05. The van der Waals surface area contributed by atoms with Crippen LogP contribution >= 0.6 is 11.6 Å². The first-order valence-electron chi connectivity index (χ1n) is 6.38. The van der Waals surface area contributed by atoms with Crippen LogP contribution in [0.3, 0.4) is 0 Å². The van der Waals surface area contributed by atoms with Crippen LogP contribution in [0.4, 0.5) is 13.2 Å². The fourth-order valence-corrected chi connectivity index (χ4v) is 2.06. The van der Waals surface area contributed by atoms with E-state index in [9.17, 15) is 18.0 Å². The van der Waals surface area contributed by atoms with E-state index < -0.39 is 16.9 Å². The van der Waals surface area contributed by atoms with Crippen molar-refractivity contribution in [3.8, 4) is 0 Å². The average molecular weight is 336 g/mol. The number of aryl methyl sites for hydroxylation is 1. The summed E-state index contributed by atoms with van der Waals surface area (Å²) in [5, 5.41) is 5.58. The number of furan rings is 1. The van der Waals surface area contributed by atoms with Crippen LogP contribution in [0.5, 0.6) is 0 Å². The molecular weight excluding hydrogens is 323 g/mol. The summed E-state index contributed by atoms with van der Waals surface area (Å²) < 4.78 is 44.1. The number of rotatable bonds is 5. The van der Waals surface area contributed by atoms with E-state index >= 15 is 0 Å². The molecule has 9 heteroatoms. The number of alkyl halides is 3. The highest BCUT2D eigenvalue weighted by Gasteiger charge is 2.38. The van der Waals surface area contributed by atoms with Crippen molar-refractivity contribution in [2.24, 2.45) is 0 Å². The summed E-state index contributed by atoms with van der Waals surface area (Å²) in [5.41, 5.74) is -0.963. The van der Waals surface area contributed by atoms with Crippen molar-refractivity contribution in [2.75, 3.05) is 0 Å². The molecule has 0 aliphatic heterocycles. The van der Waals surface area contributed by atoms with Crippen LogP contribution in [-0.4, -0.2) is 15.7 Å². The van der Waals surface area contributed by atoms with Gasteiger partial charge in [-0.15, -0.1) is 0 Å². The lowest BCUT2D eigenvalue weighted by molar-refractivity contribution is -0.141. The third-order valence-electron chi connectivity index (χ3n) is 2.99. The first-order valence-corrected chi connectivity index (χ1v) is 6.76. The SMILES string of the molecule is Cc1c(Cl)c(C(F)(F)F)nn1CCC(=O)NCc1ccco1. The molecule has 2 aromatic rings. The predicted octanol–water partition coefficient (Wildman–Crippen LogP) is 3.16. The Balaban J connectivity index is 1.92. The van der Waals surface area contributed by atoms with Crippen LogP contribution < -0.4 is 5.32 Å². The minimum absolute atomic E-state index is 0.00558. The van der Waals surface area contributed by atoms with Gasteiger partial charge in [0.1, 0.15) is 5.76 Å². The van der Waals surface area contributed by atoms with Crippen molar-refractivity contribution in [2.45, 2.75) is 32.6 Å². The standard InChI is InChI=1S/C13H13ClF3N3O2/c1-8-11(14)12(13(15,16)17)19-20(8)5-4-10(21)18-7-9-3-2-6-22-9/h2-3,6H,4-5,7H2,1H3,(H,18,21). The number of carbonyl (C=O) groups excluding carboxylic acids is 1. The van der Waals surface area contributed by atoms with E-state index in [2.05, 4.69) is 10.4 Å². The molecule has 120 valence electrons. The summed E-state index contributed by atoms with van der Waals surface area (Å²) in [6, 6.07) is 3.39. The van der Waals surface area contributed by atoms with Gasteiger partial charge in [-0.05, 0) is 19.1 Å². The summed E-state index contributed by atoms with van der Waals surface area (Å²) in [6.45, 7) is 1.65. The Labute approximate surface area is 129 Å². The van der Waals surface area contributed by atoms with Gasteiger partial charge >= 0.3 is 6.18 Å². The Bertz CT molecular complexity index is 650. The number of halogens is 4. The zero-order chi connectivity index (χ0) is 16.3. The number of nitrogens with one attached hydrogen (secondary N) is 1. The maximum Gasteiger partial charge on any atom is 0.436 e. The molecule has 2 rings (SSSR count). The van der Waals surface area contributed by atoms with Crippen LogP contribution in [-0.2, 0) is 24.1 Å². The van der Waals surface area contributed by atoms with Gasteiger partial charge in [-0.25, -0.2) is 0 Å². The maximum atomic E-state index is 12.7. The van der Waals surface area contributed by atoms with Gasteiger partial charge in [0, 0.05) is 6.42 Å². The molecule has 0 saturated heterocycles. The van der Waals surface area contributed by atoms with Gasteiger partial charge in [0.05, 0.1) is 30.1 Å². The van der Waals surface area contributed by atoms with Crippen LogP contribution in [0.2, 0.25) is 5.02 Å². The summed E-state index contributed by atoms with van der Waals surface area (Å²) in [6.07, 6.45) is -3.15. The third kappa shape index (κ3) is 3.82. The molecule has 22 heavy (non-hydrogen) atoms. The Morgan fingerprint density at radius 1 is 1.50 bits per heavy atom. The van der Waals surface area contributed by atoms with Crippen molar-refractivity contribution in [3.05, 3.63) is 40.6 Å². The number of carbonyl (C=O) groups is 1. The Morgan fingerprint density at radius 3 is 2.77 bits per heavy atom. The molecule has 0 radical (unpaired) electrons. The van der Waals surface area contributed by atoms with E-state index in [1.807, 2.05) is 0 Å². The molecule has 0 fully saturated rings. The second-order valence-corrected chi connectivity index (χ2v) is 4.95. The maximum absolute atomic E-state index is 12.7. The molecule has 0 unspecified atom stereocenters. The molecule has 0 aliphatic rings. The van der Waals surface area contributed by atoms with E-state index in [0.717, 1.165) is 4.68 Å². The first-order chi connectivity index (χ1) is 10.3. The van der Waals surface area contributed by atoms with Gasteiger partial charge < -0.3 is 9.73 Å². The van der Waals surface area contributed by atoms with E-state index in [-0.39, 0.29) is 31.1 Å². The topological polar surface area (TPSA) is 60.1 Å². The quantitative estimate of drug-likeness (QED) is 0.913. The molecule has 0 atom stereocenters. The number of nitrogens with zero attached hydrogens (tertiary/aromatic N) is 2. The van der Waals surface area contributed by atoms with Gasteiger partial charge in [-0.3, -0.25) is 9.48 Å². The highest BCUT2D eigenvalue weighted by atomic mass is 35.5. The van der Waals surface area contributed by atoms with Crippen LogP contribution in [0.25, 0.3) is 0 Å². The average Bonchev–Trinajstić information content (AvgIpc) is 3.04. The van der Waals surface area contributed by atoms with Gasteiger partial charge in [0.25, 0.3) is 0 Å². The molecular formula is C13H13ClF3N3O2. The molecule has 5 nitrogen and oxygen atoms in total. The highest BCUT2D eigenvalue weighted by Crippen LogP contribution is 2.35. The number of hydrogen-bond acceptors (Lipinski definition) is 3. The molecule has 1 amide bonds. The molecule has 0 aromatic carbocycles. The van der Waals surface area contributed by atoms with E-state index in [0.29, 0.717) is 5.76 Å². The fourth-order valence-electron chi connectivity index (χ4n) is 1.82. The molecule has 0 bridgehead atoms. The minimum atomic E-state index is -4.62. The largest absolute Gasteiger partial charge is 0.467 e. The van der Waals surface area contributed by atoms with Gasteiger partial charge in [-0.1, -0.05) is 11.6 Å². The number of aromatic nitrogens is 2. The predicted molar refractivity (Wildman–Crippen MR) is 72.1 cm³/mol. The molecule has 1 N–H and O–H groups in total. The van der Waals surface area contributed by atoms with Crippen LogP contribution in [0, 0.1) is 6.92 Å². The van der Waals surface area contributed by atoms with E-state index in [1.54, 1.807) is 12.1 Å². The molecule has 2 heterocycles. The molecule has 0 saturated carbocycles. The Hall–Kier alpha value is -1.96. The number of hydrogen-bond donors (Lipinski definition) is 1.